The number of rotatable bonds is 4. The molecule has 3 heterocycles. The summed E-state index contributed by atoms with van der Waals surface area (Å²) in [6.45, 7) is 3.06. The first-order chi connectivity index (χ1) is 10.7. The van der Waals surface area contributed by atoms with Gasteiger partial charge in [-0.1, -0.05) is 5.16 Å². The number of nitrogens with zero attached hydrogens (tertiary/aromatic N) is 3. The van der Waals surface area contributed by atoms with Crippen molar-refractivity contribution in [3.63, 3.8) is 0 Å². The second-order valence-electron chi connectivity index (χ2n) is 5.13. The predicted octanol–water partition coefficient (Wildman–Crippen LogP) is 1.88. The third-order valence-electron chi connectivity index (χ3n) is 3.39. The van der Waals surface area contributed by atoms with E-state index >= 15 is 0 Å². The summed E-state index contributed by atoms with van der Waals surface area (Å²) in [5, 5.41) is 17.5. The Kier molecular flexibility index (Phi) is 4.29. The highest BCUT2D eigenvalue weighted by Crippen LogP contribution is 2.18. The largest absolute Gasteiger partial charge is 0.381 e. The average Bonchev–Trinajstić information content (AvgIpc) is 2.95. The third-order valence-corrected chi connectivity index (χ3v) is 3.39. The number of anilines is 3. The fourth-order valence-electron chi connectivity index (χ4n) is 2.21. The first-order valence-electron chi connectivity index (χ1n) is 7.13. The molecule has 0 spiro atoms. The lowest BCUT2D eigenvalue weighted by Gasteiger charge is -2.20. The summed E-state index contributed by atoms with van der Waals surface area (Å²) in [4.78, 5) is 12.1. The average molecular weight is 303 g/mol. The summed E-state index contributed by atoms with van der Waals surface area (Å²) in [6, 6.07) is 5.17. The molecule has 8 heteroatoms. The Balaban J connectivity index is 1.57. The number of aryl methyl sites for hydroxylation is 1. The maximum absolute atomic E-state index is 12.1. The van der Waals surface area contributed by atoms with Gasteiger partial charge in [0.2, 0.25) is 5.91 Å². The fraction of sp³-hybridized carbons (Fsp3) is 0.429. The highest BCUT2D eigenvalue weighted by Gasteiger charge is 2.21. The van der Waals surface area contributed by atoms with Gasteiger partial charge < -0.3 is 19.9 Å². The van der Waals surface area contributed by atoms with Gasteiger partial charge in [-0.25, -0.2) is 0 Å². The van der Waals surface area contributed by atoms with E-state index in [1.54, 1.807) is 25.1 Å². The van der Waals surface area contributed by atoms with Crippen molar-refractivity contribution in [3.8, 4) is 0 Å². The van der Waals surface area contributed by atoms with E-state index < -0.39 is 0 Å². The molecule has 1 aliphatic heterocycles. The van der Waals surface area contributed by atoms with Crippen LogP contribution in [-0.2, 0) is 9.53 Å². The van der Waals surface area contributed by atoms with Crippen LogP contribution in [0.4, 0.5) is 17.5 Å². The standard InChI is InChI=1S/C14H17N5O3/c1-9-8-13(19-22-9)15-11-2-3-12(18-17-11)16-14(20)10-4-6-21-7-5-10/h2-3,8,10H,4-7H2,1H3,(H,15,17,19)(H,16,18,20). The predicted molar refractivity (Wildman–Crippen MR) is 78.7 cm³/mol. The Morgan fingerprint density at radius 3 is 2.55 bits per heavy atom. The maximum Gasteiger partial charge on any atom is 0.228 e. The molecule has 1 amide bonds. The fourth-order valence-corrected chi connectivity index (χ4v) is 2.21. The van der Waals surface area contributed by atoms with Crippen molar-refractivity contribution in [1.29, 1.82) is 0 Å². The molecule has 22 heavy (non-hydrogen) atoms. The van der Waals surface area contributed by atoms with Crippen molar-refractivity contribution in [3.05, 3.63) is 24.0 Å². The van der Waals surface area contributed by atoms with Gasteiger partial charge in [-0.15, -0.1) is 10.2 Å². The van der Waals surface area contributed by atoms with E-state index in [4.69, 9.17) is 9.26 Å². The number of nitrogens with one attached hydrogen (secondary N) is 2. The lowest BCUT2D eigenvalue weighted by molar-refractivity contribution is -0.122. The SMILES string of the molecule is Cc1cc(Nc2ccc(NC(=O)C3CCOCC3)nn2)no1. The van der Waals surface area contributed by atoms with E-state index in [0.717, 1.165) is 12.8 Å². The monoisotopic (exact) mass is 303 g/mol. The van der Waals surface area contributed by atoms with Crippen LogP contribution in [-0.4, -0.2) is 34.5 Å². The summed E-state index contributed by atoms with van der Waals surface area (Å²) in [5.74, 6) is 2.16. The van der Waals surface area contributed by atoms with E-state index in [0.29, 0.717) is 36.4 Å². The summed E-state index contributed by atoms with van der Waals surface area (Å²) < 4.78 is 10.2. The van der Waals surface area contributed by atoms with E-state index in [1.807, 2.05) is 0 Å². The Labute approximate surface area is 127 Å². The molecule has 2 N–H and O–H groups in total. The van der Waals surface area contributed by atoms with Crippen molar-refractivity contribution in [2.45, 2.75) is 19.8 Å². The highest BCUT2D eigenvalue weighted by atomic mass is 16.5. The number of amides is 1. The first-order valence-corrected chi connectivity index (χ1v) is 7.13. The first kappa shape index (κ1) is 14.5. The van der Waals surface area contributed by atoms with Gasteiger partial charge in [-0.2, -0.15) is 0 Å². The summed E-state index contributed by atoms with van der Waals surface area (Å²) in [6.07, 6.45) is 1.48. The van der Waals surface area contributed by atoms with E-state index in [2.05, 4.69) is 26.0 Å². The molecule has 1 aliphatic rings. The second kappa shape index (κ2) is 6.52. The Morgan fingerprint density at radius 1 is 1.18 bits per heavy atom. The van der Waals surface area contributed by atoms with Gasteiger partial charge in [0.15, 0.2) is 17.5 Å². The molecule has 0 bridgehead atoms. The van der Waals surface area contributed by atoms with Crippen molar-refractivity contribution in [2.75, 3.05) is 23.8 Å². The number of aromatic nitrogens is 3. The molecular formula is C14H17N5O3. The number of hydrogen-bond acceptors (Lipinski definition) is 7. The van der Waals surface area contributed by atoms with Crippen molar-refractivity contribution in [2.24, 2.45) is 5.92 Å². The smallest absolute Gasteiger partial charge is 0.228 e. The van der Waals surface area contributed by atoms with Crippen molar-refractivity contribution < 1.29 is 14.1 Å². The van der Waals surface area contributed by atoms with Crippen LogP contribution in [0.5, 0.6) is 0 Å². The second-order valence-corrected chi connectivity index (χ2v) is 5.13. The topological polar surface area (TPSA) is 102 Å². The summed E-state index contributed by atoms with van der Waals surface area (Å²) in [5.41, 5.74) is 0. The molecular weight excluding hydrogens is 286 g/mol. The minimum absolute atomic E-state index is 0.0218. The maximum atomic E-state index is 12.1. The molecule has 3 rings (SSSR count). The molecule has 0 unspecified atom stereocenters. The molecule has 2 aromatic heterocycles. The molecule has 0 aliphatic carbocycles. The summed E-state index contributed by atoms with van der Waals surface area (Å²) in [7, 11) is 0. The van der Waals surface area contributed by atoms with Crippen LogP contribution in [0.15, 0.2) is 22.7 Å². The third kappa shape index (κ3) is 3.59. The van der Waals surface area contributed by atoms with Gasteiger partial charge in [0, 0.05) is 25.2 Å². The normalized spacial score (nSPS) is 15.5. The molecule has 0 atom stereocenters. The number of carbonyl (C=O) groups excluding carboxylic acids is 1. The molecule has 0 aromatic carbocycles. The van der Waals surface area contributed by atoms with Gasteiger partial charge in [0.25, 0.3) is 0 Å². The Bertz CT molecular complexity index is 634. The van der Waals surface area contributed by atoms with Crippen molar-refractivity contribution >= 4 is 23.4 Å². The van der Waals surface area contributed by atoms with Gasteiger partial charge in [-0.05, 0) is 31.9 Å². The number of carbonyl (C=O) groups is 1. The highest BCUT2D eigenvalue weighted by molar-refractivity contribution is 5.91. The van der Waals surface area contributed by atoms with Gasteiger partial charge in [0.1, 0.15) is 5.76 Å². The summed E-state index contributed by atoms with van der Waals surface area (Å²) >= 11 is 0. The van der Waals surface area contributed by atoms with Crippen LogP contribution >= 0.6 is 0 Å². The molecule has 1 fully saturated rings. The van der Waals surface area contributed by atoms with Crippen LogP contribution in [0.25, 0.3) is 0 Å². The number of hydrogen-bond donors (Lipinski definition) is 2. The van der Waals surface area contributed by atoms with Gasteiger partial charge >= 0.3 is 0 Å². The molecule has 2 aromatic rings. The molecule has 8 nitrogen and oxygen atoms in total. The van der Waals surface area contributed by atoms with Crippen LogP contribution < -0.4 is 10.6 Å². The van der Waals surface area contributed by atoms with Crippen LogP contribution in [0.3, 0.4) is 0 Å². The van der Waals surface area contributed by atoms with Gasteiger partial charge in [-0.3, -0.25) is 4.79 Å². The van der Waals surface area contributed by atoms with Crippen LogP contribution in [0.1, 0.15) is 18.6 Å². The van der Waals surface area contributed by atoms with E-state index in [-0.39, 0.29) is 11.8 Å². The molecule has 0 saturated carbocycles. The quantitative estimate of drug-likeness (QED) is 0.889. The zero-order valence-corrected chi connectivity index (χ0v) is 12.2. The lowest BCUT2D eigenvalue weighted by atomic mass is 9.99. The zero-order valence-electron chi connectivity index (χ0n) is 12.2. The zero-order chi connectivity index (χ0) is 15.4. The van der Waals surface area contributed by atoms with E-state index in [1.165, 1.54) is 0 Å². The van der Waals surface area contributed by atoms with Crippen LogP contribution in [0.2, 0.25) is 0 Å². The van der Waals surface area contributed by atoms with Crippen LogP contribution in [0, 0.1) is 12.8 Å². The minimum atomic E-state index is -0.0366. The Morgan fingerprint density at radius 2 is 1.91 bits per heavy atom. The van der Waals surface area contributed by atoms with Crippen molar-refractivity contribution in [1.82, 2.24) is 15.4 Å². The number of ether oxygens (including phenoxy) is 1. The molecule has 0 radical (unpaired) electrons. The van der Waals surface area contributed by atoms with E-state index in [9.17, 15) is 4.79 Å². The Hall–Kier alpha value is -2.48. The lowest BCUT2D eigenvalue weighted by Crippen LogP contribution is -2.28. The van der Waals surface area contributed by atoms with Gasteiger partial charge in [0.05, 0.1) is 0 Å². The molecule has 1 saturated heterocycles. The molecule has 116 valence electrons. The minimum Gasteiger partial charge on any atom is -0.381 e.